The minimum absolute atomic E-state index is 0.0577. The van der Waals surface area contributed by atoms with E-state index in [1.54, 1.807) is 36.3 Å². The number of aromatic nitrogens is 2. The fourth-order valence-electron chi connectivity index (χ4n) is 3.92. The van der Waals surface area contributed by atoms with Crippen LogP contribution in [0.2, 0.25) is 23.2 Å². The minimum atomic E-state index is -2.04. The van der Waals surface area contributed by atoms with Gasteiger partial charge in [-0.1, -0.05) is 37.5 Å². The Kier molecular flexibility index (Phi) is 7.08. The smallest absolute Gasteiger partial charge is 0.254 e. The van der Waals surface area contributed by atoms with E-state index in [0.29, 0.717) is 35.3 Å². The molecule has 9 heteroatoms. The molecule has 2 atom stereocenters. The number of nitrogens with zero attached hydrogens (tertiary/aromatic N) is 3. The van der Waals surface area contributed by atoms with E-state index in [1.807, 2.05) is 24.3 Å². The van der Waals surface area contributed by atoms with Gasteiger partial charge in [0.1, 0.15) is 11.8 Å². The Labute approximate surface area is 212 Å². The molecule has 0 N–H and O–H groups in total. The van der Waals surface area contributed by atoms with Crippen LogP contribution in [0.5, 0.6) is 5.75 Å². The summed E-state index contributed by atoms with van der Waals surface area (Å²) < 4.78 is 17.6. The van der Waals surface area contributed by atoms with Crippen LogP contribution in [-0.4, -0.2) is 49.0 Å². The summed E-state index contributed by atoms with van der Waals surface area (Å²) in [6.07, 6.45) is 0.476. The molecule has 0 saturated carbocycles. The Balaban J connectivity index is 1.63. The van der Waals surface area contributed by atoms with Gasteiger partial charge in [0.05, 0.1) is 13.2 Å². The molecule has 0 aliphatic carbocycles. The van der Waals surface area contributed by atoms with Crippen LogP contribution in [0.25, 0.3) is 11.4 Å². The molecule has 0 radical (unpaired) electrons. The molecule has 4 rings (SSSR count). The number of likely N-dealkylation sites (tertiary alicyclic amines) is 1. The fraction of sp³-hybridized carbons (Fsp3) is 0.423. The van der Waals surface area contributed by atoms with Gasteiger partial charge in [0, 0.05) is 29.1 Å². The fourth-order valence-corrected chi connectivity index (χ4v) is 5.40. The van der Waals surface area contributed by atoms with Crippen LogP contribution in [0.3, 0.4) is 0 Å². The lowest BCUT2D eigenvalue weighted by Gasteiger charge is -2.38. The summed E-state index contributed by atoms with van der Waals surface area (Å²) in [5, 5.41) is 4.83. The third kappa shape index (κ3) is 5.44. The van der Waals surface area contributed by atoms with Gasteiger partial charge in [-0.05, 0) is 66.7 Å². The van der Waals surface area contributed by atoms with Crippen molar-refractivity contribution >= 4 is 25.8 Å². The van der Waals surface area contributed by atoms with Crippen molar-refractivity contribution in [2.24, 2.45) is 0 Å². The van der Waals surface area contributed by atoms with Gasteiger partial charge in [0.2, 0.25) is 11.7 Å². The van der Waals surface area contributed by atoms with E-state index in [4.69, 9.17) is 25.3 Å². The minimum Gasteiger partial charge on any atom is -0.497 e. The highest BCUT2D eigenvalue weighted by molar-refractivity contribution is 6.74. The predicted molar refractivity (Wildman–Crippen MR) is 138 cm³/mol. The van der Waals surface area contributed by atoms with Gasteiger partial charge < -0.3 is 18.6 Å². The normalized spacial score (nSPS) is 18.7. The Bertz CT molecular complexity index is 1170. The molecule has 2 heterocycles. The van der Waals surface area contributed by atoms with Crippen molar-refractivity contribution in [2.45, 2.75) is 57.5 Å². The first-order chi connectivity index (χ1) is 16.5. The molecule has 1 aliphatic heterocycles. The van der Waals surface area contributed by atoms with Crippen LogP contribution in [-0.2, 0) is 4.43 Å². The predicted octanol–water partition coefficient (Wildman–Crippen LogP) is 6.38. The van der Waals surface area contributed by atoms with Crippen LogP contribution >= 0.6 is 11.6 Å². The summed E-state index contributed by atoms with van der Waals surface area (Å²) in [5.41, 5.74) is 1.37. The summed E-state index contributed by atoms with van der Waals surface area (Å²) in [6.45, 7) is 11.5. The monoisotopic (exact) mass is 513 g/mol. The number of benzene rings is 2. The Morgan fingerprint density at radius 1 is 1.11 bits per heavy atom. The summed E-state index contributed by atoms with van der Waals surface area (Å²) in [5.74, 6) is 1.51. The van der Waals surface area contributed by atoms with Crippen molar-refractivity contribution in [1.29, 1.82) is 0 Å². The second kappa shape index (κ2) is 9.76. The number of carbonyl (C=O) groups excluding carboxylic acids is 1. The average Bonchev–Trinajstić information content (AvgIpc) is 3.45. The number of halogens is 1. The topological polar surface area (TPSA) is 77.7 Å². The zero-order chi connectivity index (χ0) is 25.4. The third-order valence-electron chi connectivity index (χ3n) is 6.96. The number of methoxy groups -OCH3 is 1. The number of hydrogen-bond donors (Lipinski definition) is 0. The summed E-state index contributed by atoms with van der Waals surface area (Å²) in [7, 11) is -0.421. The second-order valence-electron chi connectivity index (χ2n) is 10.4. The molecule has 186 valence electrons. The molecule has 1 aromatic heterocycles. The molecule has 1 amide bonds. The first-order valence-electron chi connectivity index (χ1n) is 11.7. The molecule has 1 fully saturated rings. The zero-order valence-corrected chi connectivity index (χ0v) is 22.8. The molecule has 1 aliphatic rings. The third-order valence-corrected chi connectivity index (χ3v) is 11.7. The molecule has 35 heavy (non-hydrogen) atoms. The van der Waals surface area contributed by atoms with E-state index in [-0.39, 0.29) is 23.1 Å². The summed E-state index contributed by atoms with van der Waals surface area (Å²) in [6, 6.07) is 14.0. The highest BCUT2D eigenvalue weighted by Crippen LogP contribution is 2.41. The highest BCUT2D eigenvalue weighted by atomic mass is 35.5. The van der Waals surface area contributed by atoms with Gasteiger partial charge in [0.25, 0.3) is 5.91 Å². The Hall–Kier alpha value is -2.68. The van der Waals surface area contributed by atoms with Crippen LogP contribution in [0, 0.1) is 0 Å². The van der Waals surface area contributed by atoms with Gasteiger partial charge in [0.15, 0.2) is 8.32 Å². The molecule has 0 bridgehead atoms. The second-order valence-corrected chi connectivity index (χ2v) is 15.6. The van der Waals surface area contributed by atoms with Gasteiger partial charge in [-0.15, -0.1) is 0 Å². The molecular formula is C26H32ClN3O4Si. The first kappa shape index (κ1) is 25.4. The summed E-state index contributed by atoms with van der Waals surface area (Å²) in [4.78, 5) is 20.0. The van der Waals surface area contributed by atoms with Crippen LogP contribution in [0.15, 0.2) is 53.1 Å². The van der Waals surface area contributed by atoms with Crippen molar-refractivity contribution in [1.82, 2.24) is 15.0 Å². The van der Waals surface area contributed by atoms with E-state index < -0.39 is 8.32 Å². The lowest BCUT2D eigenvalue weighted by Crippen LogP contribution is -2.44. The van der Waals surface area contributed by atoms with E-state index >= 15 is 0 Å². The van der Waals surface area contributed by atoms with Crippen LogP contribution in [0.4, 0.5) is 0 Å². The number of carbonyl (C=O) groups is 1. The van der Waals surface area contributed by atoms with Crippen molar-refractivity contribution in [2.75, 3.05) is 13.7 Å². The number of rotatable bonds is 6. The van der Waals surface area contributed by atoms with Crippen LogP contribution < -0.4 is 4.74 Å². The van der Waals surface area contributed by atoms with Crippen LogP contribution in [0.1, 0.15) is 49.5 Å². The lowest BCUT2D eigenvalue weighted by molar-refractivity contribution is 0.0695. The molecule has 2 aromatic carbocycles. The zero-order valence-electron chi connectivity index (χ0n) is 21.0. The maximum Gasteiger partial charge on any atom is 0.254 e. The first-order valence-corrected chi connectivity index (χ1v) is 15.0. The number of hydrogen-bond acceptors (Lipinski definition) is 6. The molecule has 3 aromatic rings. The average molecular weight is 514 g/mol. The standard InChI is InChI=1S/C26H32ClN3O4Si/c1-26(2,3)35(5,6)34-21-15-22(30(16-21)25(31)18-7-11-19(27)12-8-18)24-28-23(29-33-24)17-9-13-20(32-4)14-10-17/h7-14,21-22H,15-16H2,1-6H3/t21-,22+/m1/s1. The van der Waals surface area contributed by atoms with Crippen molar-refractivity contribution in [3.05, 3.63) is 65.0 Å². The van der Waals surface area contributed by atoms with E-state index in [2.05, 4.69) is 44.0 Å². The van der Waals surface area contributed by atoms with Crippen molar-refractivity contribution in [3.8, 4) is 17.1 Å². The molecule has 7 nitrogen and oxygen atoms in total. The number of ether oxygens (including phenoxy) is 1. The van der Waals surface area contributed by atoms with Gasteiger partial charge in [-0.3, -0.25) is 4.79 Å². The van der Waals surface area contributed by atoms with Gasteiger partial charge >= 0.3 is 0 Å². The molecular weight excluding hydrogens is 482 g/mol. The maximum absolute atomic E-state index is 13.5. The SMILES string of the molecule is COc1ccc(-c2noc([C@@H]3C[C@@H](O[Si](C)(C)C(C)(C)C)CN3C(=O)c3ccc(Cl)cc3)n2)cc1. The van der Waals surface area contributed by atoms with E-state index in [9.17, 15) is 4.79 Å². The summed E-state index contributed by atoms with van der Waals surface area (Å²) >= 11 is 6.04. The Morgan fingerprint density at radius 3 is 2.37 bits per heavy atom. The van der Waals surface area contributed by atoms with Crippen molar-refractivity contribution < 1.29 is 18.5 Å². The van der Waals surface area contributed by atoms with Gasteiger partial charge in [-0.25, -0.2) is 0 Å². The van der Waals surface area contributed by atoms with Gasteiger partial charge in [-0.2, -0.15) is 4.98 Å². The molecule has 0 unspecified atom stereocenters. The van der Waals surface area contributed by atoms with Crippen molar-refractivity contribution in [3.63, 3.8) is 0 Å². The van der Waals surface area contributed by atoms with E-state index in [0.717, 1.165) is 11.3 Å². The Morgan fingerprint density at radius 2 is 1.77 bits per heavy atom. The molecule has 0 spiro atoms. The van der Waals surface area contributed by atoms with E-state index in [1.165, 1.54) is 0 Å². The largest absolute Gasteiger partial charge is 0.497 e. The highest BCUT2D eigenvalue weighted by Gasteiger charge is 2.45. The lowest BCUT2D eigenvalue weighted by atomic mass is 10.1. The molecule has 1 saturated heterocycles. The quantitative estimate of drug-likeness (QED) is 0.356. The maximum atomic E-state index is 13.5. The number of amides is 1.